The van der Waals surface area contributed by atoms with Crippen molar-refractivity contribution in [3.8, 4) is 0 Å². The molecular weight excluding hydrogens is 316 g/mol. The largest absolute Gasteiger partial charge is 0.422 e. The maximum Gasteiger partial charge on any atom is 0.343 e. The van der Waals surface area contributed by atoms with Crippen LogP contribution in [0.3, 0.4) is 0 Å². The quantitative estimate of drug-likeness (QED) is 0.386. The first kappa shape index (κ1) is 15.3. The van der Waals surface area contributed by atoms with Gasteiger partial charge >= 0.3 is 5.63 Å². The SMILES string of the molecule is Cc1cc(C)c2cc(C=C3C(=O)c4ccccc4C3=O)c(=O)oc2c1. The molecule has 2 aromatic carbocycles. The van der Waals surface area contributed by atoms with Crippen LogP contribution >= 0.6 is 0 Å². The number of fused-ring (bicyclic) bond motifs is 2. The topological polar surface area (TPSA) is 64.3 Å². The van der Waals surface area contributed by atoms with Gasteiger partial charge in [-0.2, -0.15) is 0 Å². The molecule has 0 bridgehead atoms. The minimum absolute atomic E-state index is 0.00221. The second-order valence-corrected chi connectivity index (χ2v) is 6.24. The summed E-state index contributed by atoms with van der Waals surface area (Å²) in [7, 11) is 0. The summed E-state index contributed by atoms with van der Waals surface area (Å²) in [6.07, 6.45) is 1.34. The number of aryl methyl sites for hydroxylation is 2. The predicted octanol–water partition coefficient (Wildman–Crippen LogP) is 3.87. The Hall–Kier alpha value is -3.27. The first-order valence-electron chi connectivity index (χ1n) is 7.91. The van der Waals surface area contributed by atoms with Gasteiger partial charge in [-0.05, 0) is 43.2 Å². The Bertz CT molecular complexity index is 1130. The van der Waals surface area contributed by atoms with E-state index in [2.05, 4.69) is 0 Å². The number of Topliss-reactive ketones (excluding diaryl/α,β-unsaturated/α-hetero) is 2. The molecule has 4 rings (SSSR count). The molecule has 1 aliphatic rings. The Morgan fingerprint density at radius 2 is 1.52 bits per heavy atom. The van der Waals surface area contributed by atoms with Gasteiger partial charge in [0.05, 0.1) is 11.1 Å². The van der Waals surface area contributed by atoms with Crippen LogP contribution in [0.15, 0.2) is 57.2 Å². The van der Waals surface area contributed by atoms with Crippen LogP contribution in [0.25, 0.3) is 17.0 Å². The number of hydrogen-bond acceptors (Lipinski definition) is 4. The van der Waals surface area contributed by atoms with Gasteiger partial charge < -0.3 is 4.42 Å². The zero-order valence-corrected chi connectivity index (χ0v) is 13.8. The lowest BCUT2D eigenvalue weighted by atomic mass is 10.0. The van der Waals surface area contributed by atoms with Gasteiger partial charge in [0.25, 0.3) is 0 Å². The van der Waals surface area contributed by atoms with E-state index in [1.165, 1.54) is 6.08 Å². The van der Waals surface area contributed by atoms with Crippen molar-refractivity contribution in [3.63, 3.8) is 0 Å². The van der Waals surface area contributed by atoms with Gasteiger partial charge in [0, 0.05) is 16.5 Å². The van der Waals surface area contributed by atoms with E-state index in [9.17, 15) is 14.4 Å². The fourth-order valence-electron chi connectivity index (χ4n) is 3.24. The third kappa shape index (κ3) is 2.34. The van der Waals surface area contributed by atoms with E-state index in [0.717, 1.165) is 16.5 Å². The maximum atomic E-state index is 12.5. The standard InChI is InChI=1S/C21H14O4/c1-11-7-12(2)16-9-13(21(24)25-18(16)8-11)10-17-19(22)14-5-3-4-6-15(14)20(17)23/h3-10H,1-2H3. The molecule has 4 heteroatoms. The highest BCUT2D eigenvalue weighted by Crippen LogP contribution is 2.28. The molecule has 0 saturated heterocycles. The Balaban J connectivity index is 1.91. The molecule has 0 spiro atoms. The number of benzene rings is 2. The first-order chi connectivity index (χ1) is 12.0. The van der Waals surface area contributed by atoms with Gasteiger partial charge in [0.2, 0.25) is 0 Å². The lowest BCUT2D eigenvalue weighted by Gasteiger charge is -2.04. The van der Waals surface area contributed by atoms with Crippen molar-refractivity contribution < 1.29 is 14.0 Å². The summed E-state index contributed by atoms with van der Waals surface area (Å²) in [6, 6.07) is 12.1. The minimum atomic E-state index is -0.568. The average Bonchev–Trinajstić information content (AvgIpc) is 2.81. The van der Waals surface area contributed by atoms with Crippen molar-refractivity contribution >= 4 is 28.6 Å². The third-order valence-electron chi connectivity index (χ3n) is 4.44. The van der Waals surface area contributed by atoms with Crippen LogP contribution in [0.5, 0.6) is 0 Å². The molecule has 0 radical (unpaired) electrons. The van der Waals surface area contributed by atoms with E-state index in [0.29, 0.717) is 16.7 Å². The molecule has 0 amide bonds. The van der Waals surface area contributed by atoms with Crippen molar-refractivity contribution in [3.05, 3.63) is 86.3 Å². The number of hydrogen-bond donors (Lipinski definition) is 0. The molecule has 1 aliphatic carbocycles. The van der Waals surface area contributed by atoms with Crippen LogP contribution in [0, 0.1) is 13.8 Å². The van der Waals surface area contributed by atoms with Gasteiger partial charge in [-0.15, -0.1) is 0 Å². The van der Waals surface area contributed by atoms with E-state index >= 15 is 0 Å². The van der Waals surface area contributed by atoms with Gasteiger partial charge in [-0.25, -0.2) is 4.79 Å². The fraction of sp³-hybridized carbons (Fsp3) is 0.0952. The first-order valence-corrected chi connectivity index (χ1v) is 7.91. The molecule has 0 saturated carbocycles. The molecule has 0 fully saturated rings. The van der Waals surface area contributed by atoms with Crippen LogP contribution in [-0.2, 0) is 0 Å². The Labute approximate surface area is 143 Å². The zero-order valence-electron chi connectivity index (χ0n) is 13.8. The molecule has 1 aromatic heterocycles. The van der Waals surface area contributed by atoms with Crippen LogP contribution in [0.2, 0.25) is 0 Å². The van der Waals surface area contributed by atoms with Crippen molar-refractivity contribution in [1.29, 1.82) is 0 Å². The van der Waals surface area contributed by atoms with E-state index in [4.69, 9.17) is 4.42 Å². The van der Waals surface area contributed by atoms with Crippen molar-refractivity contribution in [2.45, 2.75) is 13.8 Å². The van der Waals surface area contributed by atoms with Crippen molar-refractivity contribution in [2.75, 3.05) is 0 Å². The number of allylic oxidation sites excluding steroid dienone is 1. The smallest absolute Gasteiger partial charge is 0.343 e. The lowest BCUT2D eigenvalue weighted by molar-refractivity contribution is 0.0990. The number of rotatable bonds is 1. The highest BCUT2D eigenvalue weighted by atomic mass is 16.4. The summed E-state index contributed by atoms with van der Waals surface area (Å²) < 4.78 is 5.39. The molecule has 0 aliphatic heterocycles. The Kier molecular flexibility index (Phi) is 3.29. The second-order valence-electron chi connectivity index (χ2n) is 6.24. The molecule has 0 N–H and O–H groups in total. The molecule has 25 heavy (non-hydrogen) atoms. The summed E-state index contributed by atoms with van der Waals surface area (Å²) in [4.78, 5) is 37.2. The number of carbonyl (C=O) groups excluding carboxylic acids is 2. The summed E-state index contributed by atoms with van der Waals surface area (Å²) in [6.45, 7) is 3.85. The minimum Gasteiger partial charge on any atom is -0.422 e. The highest BCUT2D eigenvalue weighted by Gasteiger charge is 2.32. The molecule has 4 nitrogen and oxygen atoms in total. The van der Waals surface area contributed by atoms with E-state index in [-0.39, 0.29) is 22.7 Å². The Morgan fingerprint density at radius 1 is 0.880 bits per heavy atom. The van der Waals surface area contributed by atoms with E-state index in [1.807, 2.05) is 19.9 Å². The third-order valence-corrected chi connectivity index (χ3v) is 4.44. The highest BCUT2D eigenvalue weighted by molar-refractivity contribution is 6.41. The van der Waals surface area contributed by atoms with Gasteiger partial charge in [-0.3, -0.25) is 9.59 Å². The Morgan fingerprint density at radius 3 is 2.16 bits per heavy atom. The van der Waals surface area contributed by atoms with Gasteiger partial charge in [0.1, 0.15) is 5.58 Å². The molecular formula is C21H14O4. The summed E-state index contributed by atoms with van der Waals surface area (Å²) in [5, 5.41) is 0.785. The van der Waals surface area contributed by atoms with Crippen LogP contribution in [0.1, 0.15) is 37.4 Å². The average molecular weight is 330 g/mol. The van der Waals surface area contributed by atoms with Crippen molar-refractivity contribution in [1.82, 2.24) is 0 Å². The zero-order chi connectivity index (χ0) is 17.7. The van der Waals surface area contributed by atoms with E-state index in [1.54, 1.807) is 36.4 Å². The molecule has 122 valence electrons. The molecule has 0 unspecified atom stereocenters. The van der Waals surface area contributed by atoms with E-state index < -0.39 is 5.63 Å². The van der Waals surface area contributed by atoms with Crippen LogP contribution < -0.4 is 5.63 Å². The predicted molar refractivity (Wildman–Crippen MR) is 95.0 cm³/mol. The monoisotopic (exact) mass is 330 g/mol. The van der Waals surface area contributed by atoms with Crippen molar-refractivity contribution in [2.24, 2.45) is 0 Å². The maximum absolute atomic E-state index is 12.5. The number of carbonyl (C=O) groups is 2. The fourth-order valence-corrected chi connectivity index (χ4v) is 3.24. The van der Waals surface area contributed by atoms with Gasteiger partial charge in [0.15, 0.2) is 11.6 Å². The lowest BCUT2D eigenvalue weighted by Crippen LogP contribution is -2.07. The molecule has 3 aromatic rings. The second kappa shape index (κ2) is 5.38. The van der Waals surface area contributed by atoms with Crippen LogP contribution in [0.4, 0.5) is 0 Å². The van der Waals surface area contributed by atoms with Gasteiger partial charge in [-0.1, -0.05) is 30.3 Å². The van der Waals surface area contributed by atoms with Crippen LogP contribution in [-0.4, -0.2) is 11.6 Å². The molecule has 0 atom stereocenters. The number of ketones is 2. The summed E-state index contributed by atoms with van der Waals surface area (Å²) in [5.74, 6) is -0.721. The summed E-state index contributed by atoms with van der Waals surface area (Å²) >= 11 is 0. The summed E-state index contributed by atoms with van der Waals surface area (Å²) in [5.41, 5.74) is 2.83. The normalized spacial score (nSPS) is 13.4. The molecule has 1 heterocycles.